The van der Waals surface area contributed by atoms with E-state index in [0.29, 0.717) is 11.6 Å². The van der Waals surface area contributed by atoms with Crippen LogP contribution in [0.5, 0.6) is 0 Å². The van der Waals surface area contributed by atoms with Crippen LogP contribution in [-0.2, 0) is 9.53 Å². The molecule has 0 fully saturated rings. The van der Waals surface area contributed by atoms with Crippen molar-refractivity contribution in [3.63, 3.8) is 0 Å². The van der Waals surface area contributed by atoms with Crippen LogP contribution >= 0.6 is 24.0 Å². The molecule has 0 aromatic heterocycles. The molecule has 3 aromatic rings. The minimum atomic E-state index is -1.10. The highest BCUT2D eigenvalue weighted by molar-refractivity contribution is 6.30. The normalized spacial score (nSPS) is 12.6. The number of carbonyl (C=O) groups is 2. The number of amides is 1. The molecule has 3 aromatic carbocycles. The van der Waals surface area contributed by atoms with E-state index in [1.807, 2.05) is 60.5 Å². The number of fused-ring (bicyclic) bond motifs is 3. The maximum absolute atomic E-state index is 12.5. The van der Waals surface area contributed by atoms with E-state index < -0.39 is 18.1 Å². The zero-order chi connectivity index (χ0) is 23.4. The van der Waals surface area contributed by atoms with Crippen molar-refractivity contribution in [3.05, 3.63) is 88.9 Å². The Morgan fingerprint density at radius 1 is 1.00 bits per heavy atom. The van der Waals surface area contributed by atoms with Gasteiger partial charge in [-0.3, -0.25) is 0 Å². The molecule has 1 amide bonds. The zero-order valence-electron chi connectivity index (χ0n) is 18.6. The highest BCUT2D eigenvalue weighted by atomic mass is 35.5. The van der Waals surface area contributed by atoms with Gasteiger partial charge in [0.1, 0.15) is 12.6 Å². The lowest BCUT2D eigenvalue weighted by atomic mass is 9.98. The second-order valence-electron chi connectivity index (χ2n) is 8.05. The fourth-order valence-corrected chi connectivity index (χ4v) is 4.31. The second-order valence-corrected chi connectivity index (χ2v) is 8.48. The number of nitrogens with zero attached hydrogens (tertiary/aromatic N) is 1. The maximum atomic E-state index is 12.5. The van der Waals surface area contributed by atoms with Crippen LogP contribution in [0.2, 0.25) is 5.02 Å². The third-order valence-electron chi connectivity index (χ3n) is 5.95. The molecule has 0 saturated heterocycles. The Labute approximate surface area is 209 Å². The molecule has 0 aliphatic heterocycles. The lowest BCUT2D eigenvalue weighted by Crippen LogP contribution is -2.43. The van der Waals surface area contributed by atoms with Gasteiger partial charge in [0.15, 0.2) is 0 Å². The summed E-state index contributed by atoms with van der Waals surface area (Å²) < 4.78 is 5.48. The number of rotatable bonds is 8. The monoisotopic (exact) mass is 500 g/mol. The molecule has 8 heteroatoms. The Kier molecular flexibility index (Phi) is 8.42. The van der Waals surface area contributed by atoms with Gasteiger partial charge in [-0.25, -0.2) is 9.59 Å². The lowest BCUT2D eigenvalue weighted by molar-refractivity contribution is -0.139. The summed E-state index contributed by atoms with van der Waals surface area (Å²) in [7, 11) is 1.86. The number of carboxylic acids is 1. The number of carboxylic acid groups (broad SMARTS) is 1. The molecular formula is C26H26Cl2N2O4. The third-order valence-corrected chi connectivity index (χ3v) is 6.21. The summed E-state index contributed by atoms with van der Waals surface area (Å²) in [5.74, 6) is -1.18. The number of anilines is 1. The number of nitrogens with one attached hydrogen (secondary N) is 1. The lowest BCUT2D eigenvalue weighted by Gasteiger charge is -2.22. The molecule has 34 heavy (non-hydrogen) atoms. The predicted molar refractivity (Wildman–Crippen MR) is 136 cm³/mol. The van der Waals surface area contributed by atoms with E-state index >= 15 is 0 Å². The first-order valence-corrected chi connectivity index (χ1v) is 11.1. The number of aliphatic carboxylic acids is 1. The van der Waals surface area contributed by atoms with Crippen LogP contribution < -0.4 is 10.2 Å². The SMILES string of the molecule is CN(CC[C@H](NC(=O)OCC1c2ccccc2-c2ccccc21)C(=O)O)c1ccc(Cl)cc1.Cl. The average molecular weight is 501 g/mol. The molecule has 0 unspecified atom stereocenters. The predicted octanol–water partition coefficient (Wildman–Crippen LogP) is 5.58. The first-order chi connectivity index (χ1) is 15.9. The Morgan fingerprint density at radius 3 is 2.12 bits per heavy atom. The fourth-order valence-electron chi connectivity index (χ4n) is 4.19. The van der Waals surface area contributed by atoms with Crippen LogP contribution in [0.15, 0.2) is 72.8 Å². The molecule has 4 rings (SSSR count). The van der Waals surface area contributed by atoms with Gasteiger partial charge in [-0.15, -0.1) is 12.4 Å². The number of alkyl carbamates (subject to hydrolysis) is 1. The summed E-state index contributed by atoms with van der Waals surface area (Å²) in [5.41, 5.74) is 5.38. The van der Waals surface area contributed by atoms with Crippen molar-refractivity contribution in [3.8, 4) is 11.1 Å². The van der Waals surface area contributed by atoms with Gasteiger partial charge < -0.3 is 20.1 Å². The standard InChI is InChI=1S/C26H25ClN2O4.ClH/c1-29(18-12-10-17(27)11-13-18)15-14-24(25(30)31)28-26(32)33-16-23-21-8-4-2-6-19(21)20-7-3-5-9-22(20)23;/h2-13,23-24H,14-16H2,1H3,(H,28,32)(H,30,31);1H/t24-;/m0./s1. The number of hydrogen-bond donors (Lipinski definition) is 2. The average Bonchev–Trinajstić information content (AvgIpc) is 3.14. The van der Waals surface area contributed by atoms with E-state index in [1.165, 1.54) is 0 Å². The molecule has 0 spiro atoms. The van der Waals surface area contributed by atoms with Gasteiger partial charge >= 0.3 is 12.1 Å². The van der Waals surface area contributed by atoms with E-state index in [1.54, 1.807) is 12.1 Å². The molecule has 2 N–H and O–H groups in total. The summed E-state index contributed by atoms with van der Waals surface area (Å²) in [6.07, 6.45) is -0.517. The van der Waals surface area contributed by atoms with Crippen LogP contribution in [-0.4, -0.2) is 43.4 Å². The third kappa shape index (κ3) is 5.64. The van der Waals surface area contributed by atoms with Gasteiger partial charge in [0.2, 0.25) is 0 Å². The topological polar surface area (TPSA) is 78.9 Å². The van der Waals surface area contributed by atoms with E-state index in [2.05, 4.69) is 17.4 Å². The van der Waals surface area contributed by atoms with Crippen molar-refractivity contribution in [1.82, 2.24) is 5.32 Å². The van der Waals surface area contributed by atoms with Crippen LogP contribution in [0.1, 0.15) is 23.5 Å². The summed E-state index contributed by atoms with van der Waals surface area (Å²) in [4.78, 5) is 26.1. The van der Waals surface area contributed by atoms with Gasteiger partial charge in [0, 0.05) is 30.2 Å². The van der Waals surface area contributed by atoms with Crippen molar-refractivity contribution in [2.45, 2.75) is 18.4 Å². The van der Waals surface area contributed by atoms with E-state index in [4.69, 9.17) is 16.3 Å². The van der Waals surface area contributed by atoms with Crippen molar-refractivity contribution in [1.29, 1.82) is 0 Å². The number of benzene rings is 3. The van der Waals surface area contributed by atoms with E-state index in [-0.39, 0.29) is 31.4 Å². The van der Waals surface area contributed by atoms with Gasteiger partial charge in [0.25, 0.3) is 0 Å². The smallest absolute Gasteiger partial charge is 0.407 e. The van der Waals surface area contributed by atoms with Crippen LogP contribution in [0.3, 0.4) is 0 Å². The zero-order valence-corrected chi connectivity index (χ0v) is 20.2. The molecule has 178 valence electrons. The first-order valence-electron chi connectivity index (χ1n) is 10.7. The molecule has 0 heterocycles. The van der Waals surface area contributed by atoms with Crippen molar-refractivity contribution >= 4 is 41.8 Å². The minimum Gasteiger partial charge on any atom is -0.480 e. The molecule has 1 aliphatic rings. The van der Waals surface area contributed by atoms with Gasteiger partial charge in [-0.1, -0.05) is 60.1 Å². The Bertz CT molecular complexity index is 1110. The van der Waals surface area contributed by atoms with Gasteiger partial charge in [-0.2, -0.15) is 0 Å². The van der Waals surface area contributed by atoms with Gasteiger partial charge in [0.05, 0.1) is 0 Å². The molecule has 1 atom stereocenters. The number of carbonyl (C=O) groups excluding carboxylic acids is 1. The number of ether oxygens (including phenoxy) is 1. The van der Waals surface area contributed by atoms with Gasteiger partial charge in [-0.05, 0) is 52.9 Å². The first kappa shape index (κ1) is 25.4. The highest BCUT2D eigenvalue weighted by Gasteiger charge is 2.29. The number of hydrogen-bond acceptors (Lipinski definition) is 4. The van der Waals surface area contributed by atoms with Crippen LogP contribution in [0.25, 0.3) is 11.1 Å². The Hall–Kier alpha value is -3.22. The molecule has 1 aliphatic carbocycles. The summed E-state index contributed by atoms with van der Waals surface area (Å²) in [6.45, 7) is 0.569. The highest BCUT2D eigenvalue weighted by Crippen LogP contribution is 2.44. The maximum Gasteiger partial charge on any atom is 0.407 e. The molecule has 6 nitrogen and oxygen atoms in total. The molecular weight excluding hydrogens is 475 g/mol. The minimum absolute atomic E-state index is 0. The van der Waals surface area contributed by atoms with E-state index in [9.17, 15) is 14.7 Å². The van der Waals surface area contributed by atoms with Crippen molar-refractivity contribution in [2.75, 3.05) is 25.1 Å². The quantitative estimate of drug-likeness (QED) is 0.422. The summed E-state index contributed by atoms with van der Waals surface area (Å²) >= 11 is 5.92. The van der Waals surface area contributed by atoms with Crippen LogP contribution in [0.4, 0.5) is 10.5 Å². The van der Waals surface area contributed by atoms with E-state index in [0.717, 1.165) is 27.9 Å². The van der Waals surface area contributed by atoms with Crippen LogP contribution in [0, 0.1) is 0 Å². The second kappa shape index (κ2) is 11.3. The fraction of sp³-hybridized carbons (Fsp3) is 0.231. The molecule has 0 saturated carbocycles. The molecule has 0 bridgehead atoms. The Balaban J connectivity index is 0.00000324. The largest absolute Gasteiger partial charge is 0.480 e. The Morgan fingerprint density at radius 2 is 1.56 bits per heavy atom. The number of halogens is 2. The molecule has 0 radical (unpaired) electrons. The van der Waals surface area contributed by atoms with Crippen molar-refractivity contribution in [2.24, 2.45) is 0 Å². The van der Waals surface area contributed by atoms with Crippen molar-refractivity contribution < 1.29 is 19.4 Å². The summed E-state index contributed by atoms with van der Waals surface area (Å²) in [5, 5.41) is 12.7. The summed E-state index contributed by atoms with van der Waals surface area (Å²) in [6, 6.07) is 22.3.